The smallest absolute Gasteiger partial charge is 0.231 e. The van der Waals surface area contributed by atoms with Gasteiger partial charge in [0.15, 0.2) is 5.82 Å². The molecular weight excluding hydrogens is 454 g/mol. The van der Waals surface area contributed by atoms with E-state index in [1.165, 1.54) is 6.92 Å². The van der Waals surface area contributed by atoms with Crippen molar-refractivity contribution in [2.75, 3.05) is 5.32 Å². The number of hydrogen-bond acceptors (Lipinski definition) is 4. The Balaban J connectivity index is 1.57. The van der Waals surface area contributed by atoms with Gasteiger partial charge in [0, 0.05) is 35.2 Å². The molecule has 1 saturated carbocycles. The summed E-state index contributed by atoms with van der Waals surface area (Å²) in [5, 5.41) is 12.6. The summed E-state index contributed by atoms with van der Waals surface area (Å²) in [7, 11) is 0. The van der Waals surface area contributed by atoms with E-state index in [1.807, 2.05) is 0 Å². The maximum atomic E-state index is 15.4. The van der Waals surface area contributed by atoms with Crippen LogP contribution < -0.4 is 10.6 Å². The van der Waals surface area contributed by atoms with Crippen LogP contribution in [0.3, 0.4) is 0 Å². The van der Waals surface area contributed by atoms with Gasteiger partial charge in [0.2, 0.25) is 11.8 Å². The van der Waals surface area contributed by atoms with Crippen molar-refractivity contribution in [1.82, 2.24) is 24.9 Å². The molecule has 3 atom stereocenters. The Hall–Kier alpha value is -3.53. The molecule has 11 heteroatoms. The number of nitrogens with one attached hydrogen (secondary N) is 3. The Bertz CT molecular complexity index is 1430. The minimum Gasteiger partial charge on any atom is -0.350 e. The van der Waals surface area contributed by atoms with Gasteiger partial charge in [-0.3, -0.25) is 14.7 Å². The van der Waals surface area contributed by atoms with Crippen LogP contribution in [-0.2, 0) is 9.59 Å². The van der Waals surface area contributed by atoms with Crippen LogP contribution >= 0.6 is 11.6 Å². The van der Waals surface area contributed by atoms with Gasteiger partial charge in [-0.25, -0.2) is 13.8 Å². The van der Waals surface area contributed by atoms with Gasteiger partial charge < -0.3 is 15.0 Å². The third-order valence-corrected chi connectivity index (χ3v) is 6.07. The van der Waals surface area contributed by atoms with Crippen molar-refractivity contribution in [3.8, 4) is 11.1 Å². The molecule has 3 N–H and O–H groups in total. The van der Waals surface area contributed by atoms with Crippen LogP contribution in [0, 0.1) is 11.7 Å². The fourth-order valence-corrected chi connectivity index (χ4v) is 4.37. The van der Waals surface area contributed by atoms with Crippen molar-refractivity contribution in [3.63, 3.8) is 0 Å². The number of fused-ring (bicyclic) bond motifs is 2. The molecule has 1 fully saturated rings. The molecule has 1 aliphatic carbocycles. The molecule has 0 saturated heterocycles. The fourth-order valence-electron chi connectivity index (χ4n) is 4.06. The summed E-state index contributed by atoms with van der Waals surface area (Å²) < 4.78 is 30.2. The number of carbonyl (C=O) groups excluding carboxylic acids is 2. The van der Waals surface area contributed by atoms with Crippen molar-refractivity contribution in [2.24, 2.45) is 5.92 Å². The van der Waals surface area contributed by atoms with Gasteiger partial charge in [-0.2, -0.15) is 5.10 Å². The lowest BCUT2D eigenvalue weighted by Crippen LogP contribution is -2.24. The third kappa shape index (κ3) is 3.70. The quantitative estimate of drug-likeness (QED) is 0.405. The number of nitrogens with zero attached hydrogens (tertiary/aromatic N) is 3. The van der Waals surface area contributed by atoms with E-state index < -0.39 is 29.9 Å². The monoisotopic (exact) mass is 472 g/mol. The molecule has 5 rings (SSSR count). The number of imidazole rings is 1. The molecule has 170 valence electrons. The summed E-state index contributed by atoms with van der Waals surface area (Å²) in [6.07, 6.45) is 3.98. The number of halogens is 3. The molecule has 4 aromatic rings. The summed E-state index contributed by atoms with van der Waals surface area (Å²) in [4.78, 5) is 27.8. The van der Waals surface area contributed by atoms with E-state index in [9.17, 15) is 14.0 Å². The Kier molecular flexibility index (Phi) is 5.04. The van der Waals surface area contributed by atoms with Crippen LogP contribution in [0.25, 0.3) is 27.7 Å². The van der Waals surface area contributed by atoms with Crippen LogP contribution in [0.1, 0.15) is 31.9 Å². The van der Waals surface area contributed by atoms with Crippen LogP contribution in [0.15, 0.2) is 30.7 Å². The second-order valence-corrected chi connectivity index (χ2v) is 8.53. The van der Waals surface area contributed by atoms with E-state index in [-0.39, 0.29) is 22.9 Å². The van der Waals surface area contributed by atoms with Gasteiger partial charge in [0.25, 0.3) is 0 Å². The van der Waals surface area contributed by atoms with Crippen LogP contribution in [0.2, 0.25) is 5.02 Å². The summed E-state index contributed by atoms with van der Waals surface area (Å²) in [5.74, 6) is -1.69. The normalized spacial score (nSPS) is 18.5. The molecule has 1 unspecified atom stereocenters. The van der Waals surface area contributed by atoms with Gasteiger partial charge in [0.05, 0.1) is 34.9 Å². The average Bonchev–Trinajstić information content (AvgIpc) is 3.12. The maximum absolute atomic E-state index is 15.4. The molecule has 8 nitrogen and oxygen atoms in total. The molecular formula is C22H19ClF2N6O2. The van der Waals surface area contributed by atoms with Crippen molar-refractivity contribution >= 4 is 45.8 Å². The van der Waals surface area contributed by atoms with E-state index >= 15 is 4.39 Å². The number of H-pyrrole nitrogens is 1. The molecule has 0 spiro atoms. The first-order valence-electron chi connectivity index (χ1n) is 10.3. The summed E-state index contributed by atoms with van der Waals surface area (Å²) in [6, 6.07) is 2.81. The highest BCUT2D eigenvalue weighted by atomic mass is 35.5. The van der Waals surface area contributed by atoms with Crippen molar-refractivity contribution in [1.29, 1.82) is 0 Å². The minimum absolute atomic E-state index is 0.105. The summed E-state index contributed by atoms with van der Waals surface area (Å²) in [5.41, 5.74) is 2.20. The molecule has 0 aliphatic heterocycles. The van der Waals surface area contributed by atoms with Gasteiger partial charge in [-0.1, -0.05) is 11.6 Å². The Morgan fingerprint density at radius 1 is 1.33 bits per heavy atom. The van der Waals surface area contributed by atoms with E-state index in [2.05, 4.69) is 25.8 Å². The first-order valence-corrected chi connectivity index (χ1v) is 10.7. The molecule has 3 aromatic heterocycles. The zero-order valence-electron chi connectivity index (χ0n) is 17.6. The topological polar surface area (TPSA) is 104 Å². The lowest BCUT2D eigenvalue weighted by Gasteiger charge is -2.18. The summed E-state index contributed by atoms with van der Waals surface area (Å²) >= 11 is 6.48. The zero-order chi connectivity index (χ0) is 23.4. The highest BCUT2D eigenvalue weighted by Gasteiger charge is 2.43. The second kappa shape index (κ2) is 7.80. The van der Waals surface area contributed by atoms with Gasteiger partial charge in [0.1, 0.15) is 17.6 Å². The zero-order valence-corrected chi connectivity index (χ0v) is 18.4. The standard InChI is InChI=1S/C22H19ClF2N6O2/c1-9(27-10(2)32)17-20(25)19(23)18(13-6-26-30-21(13)17)11-3-4-16-28-15(8-31(16)7-11)29-22(33)12-5-14(12)24/h3-4,6-9,12,14H,5H2,1-2H3,(H,26,30)(H,27,32)(H,29,33)/t9?,12-,14+/m1/s1. The highest BCUT2D eigenvalue weighted by Crippen LogP contribution is 2.41. The SMILES string of the molecule is CC(=O)NC(C)c1c(F)c(Cl)c(-c2ccc3nc(NC(=O)[C@@H]4C[C@@H]4F)cn3c2)c2cn[nH]c12. The first kappa shape index (κ1) is 21.3. The fraction of sp³-hybridized carbons (Fsp3) is 0.273. The number of alkyl halides is 1. The molecule has 1 aromatic carbocycles. The molecule has 0 radical (unpaired) electrons. The van der Waals surface area contributed by atoms with Crippen LogP contribution in [-0.4, -0.2) is 37.6 Å². The second-order valence-electron chi connectivity index (χ2n) is 8.15. The average molecular weight is 473 g/mol. The minimum atomic E-state index is -1.10. The number of carbonyl (C=O) groups is 2. The predicted octanol–water partition coefficient (Wildman–Crippen LogP) is 4.16. The van der Waals surface area contributed by atoms with E-state index in [1.54, 1.807) is 42.0 Å². The molecule has 33 heavy (non-hydrogen) atoms. The Morgan fingerprint density at radius 3 is 2.79 bits per heavy atom. The third-order valence-electron chi connectivity index (χ3n) is 5.72. The molecule has 3 heterocycles. The largest absolute Gasteiger partial charge is 0.350 e. The molecule has 1 aliphatic rings. The van der Waals surface area contributed by atoms with Crippen molar-refractivity contribution in [3.05, 3.63) is 47.1 Å². The molecule has 0 bridgehead atoms. The number of pyridine rings is 1. The van der Waals surface area contributed by atoms with Gasteiger partial charge in [-0.05, 0) is 25.5 Å². The van der Waals surface area contributed by atoms with Crippen LogP contribution in [0.5, 0.6) is 0 Å². The molecule has 2 amide bonds. The Morgan fingerprint density at radius 2 is 2.09 bits per heavy atom. The lowest BCUT2D eigenvalue weighted by atomic mass is 9.96. The number of hydrogen-bond donors (Lipinski definition) is 3. The van der Waals surface area contributed by atoms with Gasteiger partial charge in [-0.15, -0.1) is 0 Å². The number of rotatable bonds is 5. The predicted molar refractivity (Wildman–Crippen MR) is 119 cm³/mol. The number of aromatic amines is 1. The van der Waals surface area contributed by atoms with Gasteiger partial charge >= 0.3 is 0 Å². The maximum Gasteiger partial charge on any atom is 0.231 e. The lowest BCUT2D eigenvalue weighted by molar-refractivity contribution is -0.119. The Labute approximate surface area is 191 Å². The van der Waals surface area contributed by atoms with E-state index in [4.69, 9.17) is 11.6 Å². The highest BCUT2D eigenvalue weighted by molar-refractivity contribution is 6.35. The van der Waals surface area contributed by atoms with E-state index in [0.29, 0.717) is 33.5 Å². The number of benzene rings is 1. The number of amides is 2. The van der Waals surface area contributed by atoms with Crippen molar-refractivity contribution in [2.45, 2.75) is 32.5 Å². The number of aromatic nitrogens is 4. The van der Waals surface area contributed by atoms with Crippen molar-refractivity contribution < 1.29 is 18.4 Å². The summed E-state index contributed by atoms with van der Waals surface area (Å²) in [6.45, 7) is 3.02. The number of anilines is 1. The van der Waals surface area contributed by atoms with Crippen LogP contribution in [0.4, 0.5) is 14.6 Å². The first-order chi connectivity index (χ1) is 15.7. The van der Waals surface area contributed by atoms with E-state index in [0.717, 1.165) is 0 Å².